The lowest BCUT2D eigenvalue weighted by molar-refractivity contribution is 0.0246. The third-order valence-electron chi connectivity index (χ3n) is 3.04. The number of halogens is 1. The molecule has 0 aliphatic carbocycles. The summed E-state index contributed by atoms with van der Waals surface area (Å²) in [6, 6.07) is 4.02. The van der Waals surface area contributed by atoms with Crippen molar-refractivity contribution in [1.29, 1.82) is 0 Å². The zero-order valence-corrected chi connectivity index (χ0v) is 10.5. The third-order valence-corrected chi connectivity index (χ3v) is 4.03. The highest BCUT2D eigenvalue weighted by molar-refractivity contribution is 7.99. The summed E-state index contributed by atoms with van der Waals surface area (Å²) in [4.78, 5) is 10.4. The molecule has 6 heteroatoms. The molecule has 1 aliphatic rings. The van der Waals surface area contributed by atoms with Crippen LogP contribution in [-0.4, -0.2) is 27.8 Å². The van der Waals surface area contributed by atoms with E-state index in [0.717, 1.165) is 17.6 Å². The summed E-state index contributed by atoms with van der Waals surface area (Å²) in [5.74, 6) is 1.02. The van der Waals surface area contributed by atoms with Crippen molar-refractivity contribution in [2.24, 2.45) is 0 Å². The number of amides is 1. The number of rotatable bonds is 2. The van der Waals surface area contributed by atoms with Crippen molar-refractivity contribution < 1.29 is 19.4 Å². The van der Waals surface area contributed by atoms with Crippen LogP contribution in [0.5, 0.6) is 0 Å². The molecule has 4 nitrogen and oxygen atoms in total. The van der Waals surface area contributed by atoms with Gasteiger partial charge in [0.05, 0.1) is 5.60 Å². The first-order valence-electron chi connectivity index (χ1n) is 5.61. The van der Waals surface area contributed by atoms with Crippen LogP contribution in [-0.2, 0) is 5.60 Å². The summed E-state index contributed by atoms with van der Waals surface area (Å²) in [5, 5.41) is 21.0. The van der Waals surface area contributed by atoms with E-state index in [1.807, 2.05) is 0 Å². The molecule has 0 atom stereocenters. The van der Waals surface area contributed by atoms with Gasteiger partial charge in [-0.3, -0.25) is 5.32 Å². The minimum absolute atomic E-state index is 0.164. The van der Waals surface area contributed by atoms with Gasteiger partial charge in [-0.15, -0.1) is 0 Å². The molecule has 18 heavy (non-hydrogen) atoms. The summed E-state index contributed by atoms with van der Waals surface area (Å²) in [7, 11) is 0. The van der Waals surface area contributed by atoms with Crippen LogP contribution in [0.2, 0.25) is 0 Å². The normalized spacial score (nSPS) is 18.3. The number of nitrogens with one attached hydrogen (secondary N) is 1. The summed E-state index contributed by atoms with van der Waals surface area (Å²) >= 11 is 1.74. The molecule has 0 saturated carbocycles. The molecular formula is C12H14FNO3S. The molecule has 98 valence electrons. The van der Waals surface area contributed by atoms with Crippen LogP contribution in [0, 0.1) is 5.82 Å². The molecule has 0 spiro atoms. The van der Waals surface area contributed by atoms with Gasteiger partial charge in [0.15, 0.2) is 0 Å². The summed E-state index contributed by atoms with van der Waals surface area (Å²) in [5.41, 5.74) is -0.715. The molecule has 0 bridgehead atoms. The molecule has 3 N–H and O–H groups in total. The lowest BCUT2D eigenvalue weighted by atomic mass is 9.87. The van der Waals surface area contributed by atoms with Crippen molar-refractivity contribution in [2.45, 2.75) is 18.4 Å². The van der Waals surface area contributed by atoms with Crippen molar-refractivity contribution >= 4 is 23.5 Å². The lowest BCUT2D eigenvalue weighted by Gasteiger charge is -2.32. The zero-order valence-electron chi connectivity index (χ0n) is 9.65. The Morgan fingerprint density at radius 3 is 2.61 bits per heavy atom. The minimum atomic E-state index is -1.24. The number of aliphatic hydroxyl groups is 1. The van der Waals surface area contributed by atoms with Crippen LogP contribution < -0.4 is 5.32 Å². The van der Waals surface area contributed by atoms with Crippen LogP contribution in [0.4, 0.5) is 14.9 Å². The second kappa shape index (κ2) is 5.16. The molecule has 2 rings (SSSR count). The average molecular weight is 271 g/mol. The highest BCUT2D eigenvalue weighted by Crippen LogP contribution is 2.37. The Balaban J connectivity index is 2.26. The topological polar surface area (TPSA) is 69.6 Å². The molecule has 1 aliphatic heterocycles. The van der Waals surface area contributed by atoms with Gasteiger partial charge >= 0.3 is 6.09 Å². The Kier molecular flexibility index (Phi) is 3.77. The average Bonchev–Trinajstić information content (AvgIpc) is 2.28. The fourth-order valence-electron chi connectivity index (χ4n) is 2.07. The zero-order chi connectivity index (χ0) is 13.2. The first-order chi connectivity index (χ1) is 8.51. The molecule has 1 saturated heterocycles. The predicted octanol–water partition coefficient (Wildman–Crippen LogP) is 2.63. The largest absolute Gasteiger partial charge is 0.465 e. The van der Waals surface area contributed by atoms with Gasteiger partial charge in [-0.1, -0.05) is 6.07 Å². The smallest absolute Gasteiger partial charge is 0.409 e. The minimum Gasteiger partial charge on any atom is -0.465 e. The van der Waals surface area contributed by atoms with Crippen LogP contribution >= 0.6 is 11.8 Å². The third kappa shape index (κ3) is 2.76. The molecule has 1 fully saturated rings. The van der Waals surface area contributed by atoms with Crippen LogP contribution in [0.25, 0.3) is 0 Å². The van der Waals surface area contributed by atoms with Crippen LogP contribution in [0.15, 0.2) is 18.2 Å². The number of benzene rings is 1. The highest BCUT2D eigenvalue weighted by Gasteiger charge is 2.33. The van der Waals surface area contributed by atoms with Gasteiger partial charge in [-0.25, -0.2) is 9.18 Å². The van der Waals surface area contributed by atoms with E-state index in [9.17, 15) is 14.3 Å². The first-order valence-corrected chi connectivity index (χ1v) is 6.77. The lowest BCUT2D eigenvalue weighted by Crippen LogP contribution is -2.31. The SMILES string of the molecule is O=C(O)Nc1ccc(C2(O)CCSCC2)c(F)c1. The van der Waals surface area contributed by atoms with Crippen molar-refractivity contribution in [3.8, 4) is 0 Å². The Hall–Kier alpha value is -1.27. The molecule has 1 aromatic rings. The summed E-state index contributed by atoms with van der Waals surface area (Å²) in [6.07, 6.45) is -0.212. The van der Waals surface area contributed by atoms with Crippen molar-refractivity contribution in [3.63, 3.8) is 0 Å². The second-order valence-electron chi connectivity index (χ2n) is 4.27. The number of anilines is 1. The first kappa shape index (κ1) is 13.2. The molecule has 0 aromatic heterocycles. The Morgan fingerprint density at radius 2 is 2.06 bits per heavy atom. The van der Waals surface area contributed by atoms with E-state index in [-0.39, 0.29) is 11.3 Å². The van der Waals surface area contributed by atoms with Gasteiger partial charge in [0.1, 0.15) is 5.82 Å². The fourth-order valence-corrected chi connectivity index (χ4v) is 3.24. The number of hydrogen-bond acceptors (Lipinski definition) is 3. The van der Waals surface area contributed by atoms with E-state index < -0.39 is 17.5 Å². The van der Waals surface area contributed by atoms with Crippen molar-refractivity contribution in [3.05, 3.63) is 29.6 Å². The summed E-state index contributed by atoms with van der Waals surface area (Å²) < 4.78 is 13.9. The second-order valence-corrected chi connectivity index (χ2v) is 5.49. The van der Waals surface area contributed by atoms with E-state index in [1.54, 1.807) is 11.8 Å². The van der Waals surface area contributed by atoms with Crippen LogP contribution in [0.1, 0.15) is 18.4 Å². The van der Waals surface area contributed by atoms with Gasteiger partial charge < -0.3 is 10.2 Å². The predicted molar refractivity (Wildman–Crippen MR) is 68.5 cm³/mol. The standard InChI is InChI=1S/C12H14FNO3S/c13-10-7-8(14-11(15)16)1-2-9(10)12(17)3-5-18-6-4-12/h1-2,7,14,17H,3-6H2,(H,15,16). The maximum atomic E-state index is 13.9. The van der Waals surface area contributed by atoms with E-state index >= 15 is 0 Å². The van der Waals surface area contributed by atoms with E-state index in [0.29, 0.717) is 12.8 Å². The van der Waals surface area contributed by atoms with Gasteiger partial charge in [-0.2, -0.15) is 11.8 Å². The monoisotopic (exact) mass is 271 g/mol. The van der Waals surface area contributed by atoms with Gasteiger partial charge in [0.25, 0.3) is 0 Å². The number of carbonyl (C=O) groups is 1. The van der Waals surface area contributed by atoms with Crippen LogP contribution in [0.3, 0.4) is 0 Å². The maximum Gasteiger partial charge on any atom is 0.409 e. The summed E-state index contributed by atoms with van der Waals surface area (Å²) in [6.45, 7) is 0. The van der Waals surface area contributed by atoms with Gasteiger partial charge in [0, 0.05) is 11.3 Å². The molecule has 1 aromatic carbocycles. The van der Waals surface area contributed by atoms with E-state index in [4.69, 9.17) is 5.11 Å². The fraction of sp³-hybridized carbons (Fsp3) is 0.417. The molecular weight excluding hydrogens is 257 g/mol. The Labute approximate surface area is 108 Å². The van der Waals surface area contributed by atoms with Gasteiger partial charge in [0.2, 0.25) is 0 Å². The van der Waals surface area contributed by atoms with E-state index in [2.05, 4.69) is 5.32 Å². The molecule has 1 amide bonds. The number of carboxylic acid groups (broad SMARTS) is 1. The quantitative estimate of drug-likeness (QED) is 0.773. The van der Waals surface area contributed by atoms with Crippen molar-refractivity contribution in [1.82, 2.24) is 0 Å². The van der Waals surface area contributed by atoms with E-state index in [1.165, 1.54) is 12.1 Å². The van der Waals surface area contributed by atoms with Gasteiger partial charge in [-0.05, 0) is 36.5 Å². The molecule has 0 radical (unpaired) electrons. The Morgan fingerprint density at radius 1 is 1.39 bits per heavy atom. The Bertz CT molecular complexity index is 461. The number of hydrogen-bond donors (Lipinski definition) is 3. The number of thioether (sulfide) groups is 1. The molecule has 0 unspecified atom stereocenters. The maximum absolute atomic E-state index is 13.9. The molecule has 1 heterocycles. The van der Waals surface area contributed by atoms with Crippen molar-refractivity contribution in [2.75, 3.05) is 16.8 Å². The highest BCUT2D eigenvalue weighted by atomic mass is 32.2.